The zero-order valence-electron chi connectivity index (χ0n) is 18.6. The predicted octanol–water partition coefficient (Wildman–Crippen LogP) is 3.94. The summed E-state index contributed by atoms with van der Waals surface area (Å²) in [5.74, 6) is 0.193. The van der Waals surface area contributed by atoms with Crippen molar-refractivity contribution < 1.29 is 23.5 Å². The van der Waals surface area contributed by atoms with E-state index in [9.17, 15) is 14.0 Å². The molecule has 6 nitrogen and oxygen atoms in total. The molecule has 0 heterocycles. The maximum atomic E-state index is 13.1. The number of amides is 2. The molecule has 168 valence electrons. The molecule has 0 aromatic heterocycles. The maximum Gasteiger partial charge on any atom is 0.261 e. The number of methoxy groups -OCH3 is 1. The summed E-state index contributed by atoms with van der Waals surface area (Å²) in [7, 11) is 1.59. The summed E-state index contributed by atoms with van der Waals surface area (Å²) in [6, 6.07) is 12.2. The van der Waals surface area contributed by atoms with Gasteiger partial charge >= 0.3 is 0 Å². The van der Waals surface area contributed by atoms with Gasteiger partial charge in [0.2, 0.25) is 5.91 Å². The highest BCUT2D eigenvalue weighted by Crippen LogP contribution is 2.17. The summed E-state index contributed by atoms with van der Waals surface area (Å²) in [5.41, 5.74) is 0.866. The molecule has 7 heteroatoms. The van der Waals surface area contributed by atoms with E-state index in [2.05, 4.69) is 5.32 Å². The number of rotatable bonds is 11. The van der Waals surface area contributed by atoms with Gasteiger partial charge in [0.1, 0.15) is 23.4 Å². The van der Waals surface area contributed by atoms with E-state index < -0.39 is 6.04 Å². The lowest BCUT2D eigenvalue weighted by molar-refractivity contribution is -0.143. The summed E-state index contributed by atoms with van der Waals surface area (Å²) in [5, 5.41) is 2.96. The second kappa shape index (κ2) is 11.9. The summed E-state index contributed by atoms with van der Waals surface area (Å²) in [6.45, 7) is 5.79. The fourth-order valence-corrected chi connectivity index (χ4v) is 3.05. The molecule has 2 atom stereocenters. The molecule has 1 N–H and O–H groups in total. The Hall–Kier alpha value is -3.09. The van der Waals surface area contributed by atoms with E-state index in [-0.39, 0.29) is 36.8 Å². The van der Waals surface area contributed by atoms with Crippen molar-refractivity contribution in [1.29, 1.82) is 0 Å². The monoisotopic (exact) mass is 430 g/mol. The first kappa shape index (κ1) is 24.2. The second-order valence-electron chi connectivity index (χ2n) is 7.35. The Balaban J connectivity index is 2.20. The van der Waals surface area contributed by atoms with Gasteiger partial charge in [-0.15, -0.1) is 0 Å². The Bertz CT molecular complexity index is 840. The summed E-state index contributed by atoms with van der Waals surface area (Å²) in [4.78, 5) is 27.5. The van der Waals surface area contributed by atoms with E-state index in [4.69, 9.17) is 9.47 Å². The Labute approximate surface area is 183 Å². The van der Waals surface area contributed by atoms with E-state index in [1.807, 2.05) is 45.0 Å². The van der Waals surface area contributed by atoms with Crippen molar-refractivity contribution in [3.63, 3.8) is 0 Å². The Morgan fingerprint density at radius 3 is 2.16 bits per heavy atom. The number of carbonyl (C=O) groups is 2. The number of hydrogen-bond acceptors (Lipinski definition) is 4. The highest BCUT2D eigenvalue weighted by molar-refractivity contribution is 5.88. The van der Waals surface area contributed by atoms with Gasteiger partial charge in [-0.05, 0) is 61.7 Å². The van der Waals surface area contributed by atoms with E-state index in [1.54, 1.807) is 7.11 Å². The van der Waals surface area contributed by atoms with Crippen LogP contribution in [0.2, 0.25) is 0 Å². The van der Waals surface area contributed by atoms with Crippen LogP contribution in [0, 0.1) is 5.82 Å². The third-order valence-electron chi connectivity index (χ3n) is 5.07. The molecule has 0 aliphatic heterocycles. The molecule has 0 saturated heterocycles. The van der Waals surface area contributed by atoms with Gasteiger partial charge in [0, 0.05) is 12.6 Å². The quantitative estimate of drug-likeness (QED) is 0.586. The summed E-state index contributed by atoms with van der Waals surface area (Å²) < 4.78 is 23.8. The van der Waals surface area contributed by atoms with E-state index >= 15 is 0 Å². The Morgan fingerprint density at radius 1 is 1.00 bits per heavy atom. The van der Waals surface area contributed by atoms with Crippen molar-refractivity contribution in [2.75, 3.05) is 13.7 Å². The van der Waals surface area contributed by atoms with Crippen LogP contribution in [0.5, 0.6) is 11.5 Å². The van der Waals surface area contributed by atoms with Crippen molar-refractivity contribution in [2.45, 2.75) is 52.2 Å². The van der Waals surface area contributed by atoms with Gasteiger partial charge in [0.25, 0.3) is 5.91 Å². The number of benzene rings is 2. The molecule has 2 aromatic carbocycles. The first-order valence-electron chi connectivity index (χ1n) is 10.5. The zero-order chi connectivity index (χ0) is 22.8. The minimum atomic E-state index is -0.639. The second-order valence-corrected chi connectivity index (χ2v) is 7.35. The molecule has 31 heavy (non-hydrogen) atoms. The van der Waals surface area contributed by atoms with Gasteiger partial charge in [0.05, 0.1) is 7.11 Å². The Kier molecular flexibility index (Phi) is 9.31. The van der Waals surface area contributed by atoms with E-state index in [1.165, 1.54) is 29.2 Å². The van der Waals surface area contributed by atoms with Crippen LogP contribution in [0.3, 0.4) is 0 Å². The van der Waals surface area contributed by atoms with Crippen LogP contribution in [-0.2, 0) is 16.1 Å². The van der Waals surface area contributed by atoms with Gasteiger partial charge in [-0.1, -0.05) is 26.0 Å². The SMILES string of the molecule is CC[C@H](C)NC(=O)[C@H](CC)N(Cc1ccc(OC)cc1)C(=O)COc1ccc(F)cc1. The number of carbonyl (C=O) groups excluding carboxylic acids is 2. The standard InChI is InChI=1S/C24H31FN2O4/c1-5-17(3)26-24(29)22(6-2)27(15-18-7-11-20(30-4)12-8-18)23(28)16-31-21-13-9-19(25)10-14-21/h7-14,17,22H,5-6,15-16H2,1-4H3,(H,26,29)/t17-,22-/m0/s1. The topological polar surface area (TPSA) is 67.9 Å². The largest absolute Gasteiger partial charge is 0.497 e. The minimum Gasteiger partial charge on any atom is -0.497 e. The molecule has 2 amide bonds. The molecule has 0 saturated carbocycles. The summed E-state index contributed by atoms with van der Waals surface area (Å²) in [6.07, 6.45) is 1.25. The predicted molar refractivity (Wildman–Crippen MR) is 117 cm³/mol. The summed E-state index contributed by atoms with van der Waals surface area (Å²) >= 11 is 0. The number of ether oxygens (including phenoxy) is 2. The van der Waals surface area contributed by atoms with Crippen LogP contribution in [0.25, 0.3) is 0 Å². The fourth-order valence-electron chi connectivity index (χ4n) is 3.05. The highest BCUT2D eigenvalue weighted by atomic mass is 19.1. The van der Waals surface area contributed by atoms with Crippen LogP contribution in [0.1, 0.15) is 39.2 Å². The van der Waals surface area contributed by atoms with E-state index in [0.29, 0.717) is 17.9 Å². The molecule has 0 spiro atoms. The van der Waals surface area contributed by atoms with Gasteiger partial charge in [-0.25, -0.2) is 4.39 Å². The molecular weight excluding hydrogens is 399 g/mol. The van der Waals surface area contributed by atoms with Crippen molar-refractivity contribution >= 4 is 11.8 Å². The van der Waals surface area contributed by atoms with Crippen LogP contribution in [-0.4, -0.2) is 42.5 Å². The van der Waals surface area contributed by atoms with Gasteiger partial charge in [-0.2, -0.15) is 0 Å². The van der Waals surface area contributed by atoms with Gasteiger partial charge < -0.3 is 19.7 Å². The third kappa shape index (κ3) is 7.27. The van der Waals surface area contributed by atoms with Crippen LogP contribution in [0.15, 0.2) is 48.5 Å². The number of nitrogens with one attached hydrogen (secondary N) is 1. The smallest absolute Gasteiger partial charge is 0.261 e. The van der Waals surface area contributed by atoms with Gasteiger partial charge in [-0.3, -0.25) is 9.59 Å². The molecule has 0 aliphatic carbocycles. The molecule has 2 aromatic rings. The van der Waals surface area contributed by atoms with Crippen LogP contribution < -0.4 is 14.8 Å². The Morgan fingerprint density at radius 2 is 1.61 bits per heavy atom. The van der Waals surface area contributed by atoms with Crippen LogP contribution in [0.4, 0.5) is 4.39 Å². The molecule has 0 fully saturated rings. The molecular formula is C24H31FN2O4. The number of nitrogens with zero attached hydrogens (tertiary/aromatic N) is 1. The number of halogens is 1. The van der Waals surface area contributed by atoms with Crippen molar-refractivity contribution in [3.8, 4) is 11.5 Å². The lowest BCUT2D eigenvalue weighted by Crippen LogP contribution is -2.51. The van der Waals surface area contributed by atoms with Gasteiger partial charge in [0.15, 0.2) is 6.61 Å². The molecule has 0 bridgehead atoms. The third-order valence-corrected chi connectivity index (χ3v) is 5.07. The van der Waals surface area contributed by atoms with Crippen molar-refractivity contribution in [1.82, 2.24) is 10.2 Å². The normalized spacial score (nSPS) is 12.5. The van der Waals surface area contributed by atoms with Crippen molar-refractivity contribution in [3.05, 3.63) is 59.9 Å². The van der Waals surface area contributed by atoms with Crippen LogP contribution >= 0.6 is 0 Å². The maximum absolute atomic E-state index is 13.1. The first-order chi connectivity index (χ1) is 14.9. The first-order valence-corrected chi connectivity index (χ1v) is 10.5. The average molecular weight is 431 g/mol. The average Bonchev–Trinajstić information content (AvgIpc) is 2.78. The van der Waals surface area contributed by atoms with E-state index in [0.717, 1.165) is 12.0 Å². The molecule has 0 unspecified atom stereocenters. The minimum absolute atomic E-state index is 0.00922. The molecule has 0 radical (unpaired) electrons. The van der Waals surface area contributed by atoms with Crippen molar-refractivity contribution in [2.24, 2.45) is 0 Å². The highest BCUT2D eigenvalue weighted by Gasteiger charge is 2.29. The molecule has 2 rings (SSSR count). The lowest BCUT2D eigenvalue weighted by atomic mass is 10.1. The lowest BCUT2D eigenvalue weighted by Gasteiger charge is -2.31. The molecule has 0 aliphatic rings. The fraction of sp³-hybridized carbons (Fsp3) is 0.417. The zero-order valence-corrected chi connectivity index (χ0v) is 18.6. The number of hydrogen-bond donors (Lipinski definition) is 1.